The minimum atomic E-state index is -3.67. The van der Waals surface area contributed by atoms with Crippen molar-refractivity contribution in [3.63, 3.8) is 0 Å². The molecule has 1 atom stereocenters. The minimum absolute atomic E-state index is 0.0575. The van der Waals surface area contributed by atoms with E-state index in [2.05, 4.69) is 4.72 Å². The van der Waals surface area contributed by atoms with E-state index in [0.29, 0.717) is 11.4 Å². The highest BCUT2D eigenvalue weighted by atomic mass is 35.5. The van der Waals surface area contributed by atoms with Crippen molar-refractivity contribution in [2.24, 2.45) is 5.92 Å². The first kappa shape index (κ1) is 18.5. The average Bonchev–Trinajstić information content (AvgIpc) is 3.42. The number of carbonyl (C=O) groups excluding carboxylic acids is 1. The van der Waals surface area contributed by atoms with Gasteiger partial charge in [-0.15, -0.1) is 0 Å². The van der Waals surface area contributed by atoms with E-state index in [1.54, 1.807) is 36.4 Å². The monoisotopic (exact) mass is 404 g/mol. The van der Waals surface area contributed by atoms with Crippen molar-refractivity contribution < 1.29 is 13.2 Å². The number of amides is 1. The number of anilines is 1. The molecule has 2 aromatic carbocycles. The number of nitrogens with one attached hydrogen (secondary N) is 1. The van der Waals surface area contributed by atoms with Crippen molar-refractivity contribution in [3.8, 4) is 0 Å². The summed E-state index contributed by atoms with van der Waals surface area (Å²) >= 11 is 6.10. The summed E-state index contributed by atoms with van der Waals surface area (Å²) in [5, 5.41) is 0.525. The zero-order valence-electron chi connectivity index (χ0n) is 15.0. The van der Waals surface area contributed by atoms with Crippen LogP contribution in [0.25, 0.3) is 0 Å². The Morgan fingerprint density at radius 2 is 1.96 bits per heavy atom. The first-order valence-corrected chi connectivity index (χ1v) is 10.9. The van der Waals surface area contributed by atoms with Gasteiger partial charge in [-0.2, -0.15) is 0 Å². The average molecular weight is 405 g/mol. The highest BCUT2D eigenvalue weighted by molar-refractivity contribution is 7.89. The zero-order chi connectivity index (χ0) is 19.2. The fourth-order valence-electron chi connectivity index (χ4n) is 3.54. The summed E-state index contributed by atoms with van der Waals surface area (Å²) in [6, 6.07) is 12.2. The van der Waals surface area contributed by atoms with Crippen LogP contribution in [-0.4, -0.2) is 20.4 Å². The molecule has 1 N–H and O–H groups in total. The maximum atomic E-state index is 12.7. The van der Waals surface area contributed by atoms with Crippen molar-refractivity contribution in [3.05, 3.63) is 58.6 Å². The molecule has 2 aliphatic rings. The summed E-state index contributed by atoms with van der Waals surface area (Å²) in [4.78, 5) is 14.6. The Morgan fingerprint density at radius 3 is 2.67 bits per heavy atom. The van der Waals surface area contributed by atoms with E-state index in [4.69, 9.17) is 11.6 Å². The summed E-state index contributed by atoms with van der Waals surface area (Å²) in [5.41, 5.74) is 2.46. The Labute approximate surface area is 164 Å². The lowest BCUT2D eigenvalue weighted by Gasteiger charge is -2.22. The standard InChI is InChI=1S/C20H21ClN2O3S/c1-13-10-16-11-17(8-9-19(16)23(13)20(24)14-6-7-14)27(25,26)22-12-15-4-2-3-5-18(15)21/h2-5,8-9,11,13-14,22H,6-7,10,12H2,1H3/t13-/m0/s1. The Hall–Kier alpha value is -1.89. The number of nitrogens with zero attached hydrogens (tertiary/aromatic N) is 1. The van der Waals surface area contributed by atoms with Gasteiger partial charge in [0.25, 0.3) is 0 Å². The van der Waals surface area contributed by atoms with Gasteiger partial charge in [0.1, 0.15) is 0 Å². The Bertz CT molecular complexity index is 1000. The van der Waals surface area contributed by atoms with E-state index in [0.717, 1.165) is 29.7 Å². The van der Waals surface area contributed by atoms with Crippen LogP contribution in [0, 0.1) is 5.92 Å². The molecule has 0 bridgehead atoms. The van der Waals surface area contributed by atoms with Crippen LogP contribution in [0.4, 0.5) is 5.69 Å². The molecule has 1 heterocycles. The highest BCUT2D eigenvalue weighted by Crippen LogP contribution is 2.39. The van der Waals surface area contributed by atoms with Gasteiger partial charge in [0, 0.05) is 29.2 Å². The van der Waals surface area contributed by atoms with E-state index in [9.17, 15) is 13.2 Å². The molecule has 27 heavy (non-hydrogen) atoms. The summed E-state index contributed by atoms with van der Waals surface area (Å²) in [7, 11) is -3.67. The molecule has 2 aromatic rings. The van der Waals surface area contributed by atoms with Gasteiger partial charge < -0.3 is 4.90 Å². The molecular formula is C20H21ClN2O3S. The number of rotatable bonds is 5. The van der Waals surface area contributed by atoms with E-state index in [-0.39, 0.29) is 29.3 Å². The van der Waals surface area contributed by atoms with E-state index in [1.165, 1.54) is 0 Å². The maximum Gasteiger partial charge on any atom is 0.240 e. The second-order valence-corrected chi connectivity index (χ2v) is 9.42. The van der Waals surface area contributed by atoms with Gasteiger partial charge in [0.2, 0.25) is 15.9 Å². The number of hydrogen-bond acceptors (Lipinski definition) is 3. The number of fused-ring (bicyclic) bond motifs is 1. The zero-order valence-corrected chi connectivity index (χ0v) is 16.6. The van der Waals surface area contributed by atoms with E-state index < -0.39 is 10.0 Å². The molecule has 0 saturated heterocycles. The van der Waals surface area contributed by atoms with Crippen LogP contribution in [0.15, 0.2) is 47.4 Å². The molecule has 1 amide bonds. The van der Waals surface area contributed by atoms with Gasteiger partial charge in [-0.3, -0.25) is 4.79 Å². The van der Waals surface area contributed by atoms with Crippen LogP contribution in [0.3, 0.4) is 0 Å². The topological polar surface area (TPSA) is 66.5 Å². The Kier molecular flexibility index (Phi) is 4.74. The van der Waals surface area contributed by atoms with Crippen LogP contribution in [0.1, 0.15) is 30.9 Å². The number of carbonyl (C=O) groups is 1. The number of hydrogen-bond donors (Lipinski definition) is 1. The molecule has 1 saturated carbocycles. The number of benzene rings is 2. The fourth-order valence-corrected chi connectivity index (χ4v) is 4.79. The van der Waals surface area contributed by atoms with Crippen molar-refractivity contribution in [1.82, 2.24) is 4.72 Å². The van der Waals surface area contributed by atoms with Gasteiger partial charge in [-0.1, -0.05) is 29.8 Å². The molecule has 4 rings (SSSR count). The van der Waals surface area contributed by atoms with Crippen LogP contribution in [0.2, 0.25) is 5.02 Å². The molecular weight excluding hydrogens is 384 g/mol. The van der Waals surface area contributed by atoms with Crippen LogP contribution in [-0.2, 0) is 27.8 Å². The molecule has 1 aliphatic carbocycles. The maximum absolute atomic E-state index is 12.7. The van der Waals surface area contributed by atoms with Crippen molar-refractivity contribution in [1.29, 1.82) is 0 Å². The predicted octanol–water partition coefficient (Wildman–Crippen LogP) is 3.51. The van der Waals surface area contributed by atoms with Crippen LogP contribution < -0.4 is 9.62 Å². The molecule has 0 unspecified atom stereocenters. The molecule has 1 aliphatic heterocycles. The fraction of sp³-hybridized carbons (Fsp3) is 0.350. The third kappa shape index (κ3) is 3.61. The molecule has 0 aromatic heterocycles. The summed E-state index contributed by atoms with van der Waals surface area (Å²) in [6.07, 6.45) is 2.58. The third-order valence-electron chi connectivity index (χ3n) is 5.15. The molecule has 1 fully saturated rings. The lowest BCUT2D eigenvalue weighted by Crippen LogP contribution is -2.36. The van der Waals surface area contributed by atoms with E-state index >= 15 is 0 Å². The summed E-state index contributed by atoms with van der Waals surface area (Å²) in [5.74, 6) is 0.299. The van der Waals surface area contributed by atoms with Gasteiger partial charge in [-0.25, -0.2) is 13.1 Å². The smallest absolute Gasteiger partial charge is 0.240 e. The minimum Gasteiger partial charge on any atom is -0.309 e. The largest absolute Gasteiger partial charge is 0.309 e. The van der Waals surface area contributed by atoms with Crippen molar-refractivity contribution in [2.75, 3.05) is 4.90 Å². The van der Waals surface area contributed by atoms with Gasteiger partial charge in [-0.05, 0) is 61.6 Å². The molecule has 0 spiro atoms. The normalized spacial score (nSPS) is 19.2. The summed E-state index contributed by atoms with van der Waals surface area (Å²) < 4.78 is 28.0. The van der Waals surface area contributed by atoms with Gasteiger partial charge in [0.05, 0.1) is 4.90 Å². The van der Waals surface area contributed by atoms with Crippen LogP contribution >= 0.6 is 11.6 Å². The van der Waals surface area contributed by atoms with Gasteiger partial charge in [0.15, 0.2) is 0 Å². The van der Waals surface area contributed by atoms with Crippen molar-refractivity contribution in [2.45, 2.75) is 43.7 Å². The Morgan fingerprint density at radius 1 is 1.22 bits per heavy atom. The quantitative estimate of drug-likeness (QED) is 0.829. The lowest BCUT2D eigenvalue weighted by atomic mass is 10.1. The summed E-state index contributed by atoms with van der Waals surface area (Å²) in [6.45, 7) is 2.13. The molecule has 0 radical (unpaired) electrons. The third-order valence-corrected chi connectivity index (χ3v) is 6.92. The lowest BCUT2D eigenvalue weighted by molar-refractivity contribution is -0.120. The molecule has 7 heteroatoms. The second kappa shape index (κ2) is 6.93. The second-order valence-electron chi connectivity index (χ2n) is 7.24. The first-order valence-electron chi connectivity index (χ1n) is 9.06. The van der Waals surface area contributed by atoms with E-state index in [1.807, 2.05) is 17.9 Å². The predicted molar refractivity (Wildman–Crippen MR) is 105 cm³/mol. The van der Waals surface area contributed by atoms with Gasteiger partial charge >= 0.3 is 0 Å². The number of halogens is 1. The molecule has 5 nitrogen and oxygen atoms in total. The van der Waals surface area contributed by atoms with Crippen molar-refractivity contribution >= 4 is 33.2 Å². The highest BCUT2D eigenvalue weighted by Gasteiger charge is 2.39. The van der Waals surface area contributed by atoms with Crippen LogP contribution in [0.5, 0.6) is 0 Å². The number of sulfonamides is 1. The Balaban J connectivity index is 1.55. The SMILES string of the molecule is C[C@H]1Cc2cc(S(=O)(=O)NCc3ccccc3Cl)ccc2N1C(=O)C1CC1. The first-order chi connectivity index (χ1) is 12.9. The molecule has 142 valence electrons.